The molecule has 172 valence electrons. The fourth-order valence-corrected chi connectivity index (χ4v) is 3.96. The average molecular weight is 457 g/mol. The highest BCUT2D eigenvalue weighted by Gasteiger charge is 2.19. The number of ether oxygens (including phenoxy) is 1. The van der Waals surface area contributed by atoms with E-state index in [1.807, 2.05) is 31.2 Å². The summed E-state index contributed by atoms with van der Waals surface area (Å²) in [5.41, 5.74) is 4.55. The summed E-state index contributed by atoms with van der Waals surface area (Å²) in [5.74, 6) is -0.136. The summed E-state index contributed by atoms with van der Waals surface area (Å²) in [6.07, 6.45) is 1.70. The van der Waals surface area contributed by atoms with Gasteiger partial charge in [-0.25, -0.2) is 0 Å². The van der Waals surface area contributed by atoms with E-state index < -0.39 is 5.97 Å². The number of carbonyl (C=O) groups excluding carboxylic acids is 1. The molecular weight excluding hydrogens is 434 g/mol. The summed E-state index contributed by atoms with van der Waals surface area (Å²) in [4.78, 5) is 34.8. The number of nitrogens with one attached hydrogen (secondary N) is 1. The van der Waals surface area contributed by atoms with E-state index in [0.717, 1.165) is 27.6 Å². The fraction of sp³-hybridized carbons (Fsp3) is 0.148. The molecule has 1 amide bonds. The van der Waals surface area contributed by atoms with Crippen molar-refractivity contribution < 1.29 is 23.8 Å². The lowest BCUT2D eigenvalue weighted by atomic mass is 9.91. The van der Waals surface area contributed by atoms with E-state index in [-0.39, 0.29) is 30.6 Å². The summed E-state index contributed by atoms with van der Waals surface area (Å²) in [5, 5.41) is 12.4. The molecule has 1 heterocycles. The Morgan fingerprint density at radius 3 is 2.59 bits per heavy atom. The van der Waals surface area contributed by atoms with Gasteiger partial charge in [-0.3, -0.25) is 14.4 Å². The van der Waals surface area contributed by atoms with Crippen LogP contribution >= 0.6 is 0 Å². The van der Waals surface area contributed by atoms with Crippen LogP contribution in [0.2, 0.25) is 0 Å². The van der Waals surface area contributed by atoms with Gasteiger partial charge in [0.2, 0.25) is 5.91 Å². The van der Waals surface area contributed by atoms with Gasteiger partial charge in [0.1, 0.15) is 17.1 Å². The van der Waals surface area contributed by atoms with Gasteiger partial charge in [0.15, 0.2) is 5.43 Å². The van der Waals surface area contributed by atoms with E-state index in [0.29, 0.717) is 22.8 Å². The van der Waals surface area contributed by atoms with Crippen LogP contribution in [0.4, 0.5) is 5.69 Å². The Bertz CT molecular complexity index is 1440. The van der Waals surface area contributed by atoms with Crippen LogP contribution < -0.4 is 15.5 Å². The maximum absolute atomic E-state index is 12.2. The van der Waals surface area contributed by atoms with Gasteiger partial charge in [-0.05, 0) is 60.9 Å². The number of benzene rings is 3. The zero-order chi connectivity index (χ0) is 24.2. The van der Waals surface area contributed by atoms with E-state index in [9.17, 15) is 14.4 Å². The first-order chi connectivity index (χ1) is 16.4. The zero-order valence-electron chi connectivity index (χ0n) is 18.6. The number of carboxylic acids is 1. The second-order valence-electron chi connectivity index (χ2n) is 7.90. The van der Waals surface area contributed by atoms with Crippen molar-refractivity contribution in [2.45, 2.75) is 26.2 Å². The molecule has 1 aliphatic carbocycles. The molecule has 7 nitrogen and oxygen atoms in total. The number of anilines is 1. The number of hydrogen-bond donors (Lipinski definition) is 2. The minimum Gasteiger partial charge on any atom is -0.481 e. The van der Waals surface area contributed by atoms with E-state index >= 15 is 0 Å². The van der Waals surface area contributed by atoms with Gasteiger partial charge in [0.25, 0.3) is 0 Å². The van der Waals surface area contributed by atoms with Gasteiger partial charge in [-0.2, -0.15) is 0 Å². The Morgan fingerprint density at radius 1 is 1.06 bits per heavy atom. The Labute approximate surface area is 195 Å². The Hall–Kier alpha value is -4.39. The van der Waals surface area contributed by atoms with Crippen LogP contribution in [0.3, 0.4) is 0 Å². The van der Waals surface area contributed by atoms with Crippen molar-refractivity contribution in [1.82, 2.24) is 0 Å². The van der Waals surface area contributed by atoms with Crippen LogP contribution in [0.5, 0.6) is 5.75 Å². The maximum Gasteiger partial charge on any atom is 0.303 e. The molecule has 0 aromatic heterocycles. The molecule has 2 aromatic carbocycles. The second kappa shape index (κ2) is 9.62. The van der Waals surface area contributed by atoms with Crippen molar-refractivity contribution in [3.05, 3.63) is 83.2 Å². The first-order valence-corrected chi connectivity index (χ1v) is 10.8. The molecule has 0 fully saturated rings. The number of fused-ring (bicyclic) bond motifs is 2. The Balaban J connectivity index is 1.76. The molecule has 0 saturated carbocycles. The van der Waals surface area contributed by atoms with E-state index in [2.05, 4.69) is 11.9 Å². The lowest BCUT2D eigenvalue weighted by Crippen LogP contribution is -2.12. The molecule has 2 N–H and O–H groups in total. The summed E-state index contributed by atoms with van der Waals surface area (Å²) in [7, 11) is 0. The smallest absolute Gasteiger partial charge is 0.303 e. The predicted molar refractivity (Wildman–Crippen MR) is 130 cm³/mol. The molecule has 2 aliphatic rings. The van der Waals surface area contributed by atoms with E-state index in [1.165, 1.54) is 18.4 Å². The fourth-order valence-electron chi connectivity index (χ4n) is 3.96. The molecule has 1 aliphatic heterocycles. The van der Waals surface area contributed by atoms with Crippen molar-refractivity contribution in [2.24, 2.45) is 0 Å². The Morgan fingerprint density at radius 2 is 1.85 bits per heavy atom. The highest BCUT2D eigenvalue weighted by Crippen LogP contribution is 2.42. The van der Waals surface area contributed by atoms with Gasteiger partial charge >= 0.3 is 5.97 Å². The summed E-state index contributed by atoms with van der Waals surface area (Å²) in [6, 6.07) is 15.8. The highest BCUT2D eigenvalue weighted by molar-refractivity contribution is 6.03. The number of aliphatic carboxylic acids is 1. The molecule has 34 heavy (non-hydrogen) atoms. The molecular formula is C27H23NO6. The summed E-state index contributed by atoms with van der Waals surface area (Å²) >= 11 is 0. The SMILES string of the molecule is C=COc1ccc2c(-c3ccc(NC(=O)CCCC(=O)O)cc3C)c3ccc(=O)cc-3oc2c1. The van der Waals surface area contributed by atoms with Crippen LogP contribution in [0.1, 0.15) is 24.8 Å². The van der Waals surface area contributed by atoms with Crippen LogP contribution in [0.25, 0.3) is 33.4 Å². The van der Waals surface area contributed by atoms with E-state index in [1.54, 1.807) is 18.2 Å². The number of carboxylic acid groups (broad SMARTS) is 1. The van der Waals surface area contributed by atoms with Crippen molar-refractivity contribution >= 4 is 28.5 Å². The van der Waals surface area contributed by atoms with E-state index in [4.69, 9.17) is 14.3 Å². The lowest BCUT2D eigenvalue weighted by molar-refractivity contribution is -0.137. The average Bonchev–Trinajstić information content (AvgIpc) is 2.78. The third-order valence-corrected chi connectivity index (χ3v) is 5.46. The molecule has 4 rings (SSSR count). The van der Waals surface area contributed by atoms with Gasteiger partial charge in [-0.1, -0.05) is 12.6 Å². The second-order valence-corrected chi connectivity index (χ2v) is 7.90. The van der Waals surface area contributed by atoms with Crippen molar-refractivity contribution in [1.29, 1.82) is 0 Å². The summed E-state index contributed by atoms with van der Waals surface area (Å²) in [6.45, 7) is 5.52. The van der Waals surface area contributed by atoms with Crippen LogP contribution in [0, 0.1) is 6.92 Å². The van der Waals surface area contributed by atoms with Crippen LogP contribution in [-0.4, -0.2) is 17.0 Å². The molecule has 7 heteroatoms. The summed E-state index contributed by atoms with van der Waals surface area (Å²) < 4.78 is 11.4. The van der Waals surface area contributed by atoms with Crippen LogP contribution in [0.15, 0.2) is 76.7 Å². The molecule has 2 aromatic rings. The molecule has 0 spiro atoms. The molecule has 0 unspecified atom stereocenters. The number of rotatable bonds is 8. The topological polar surface area (TPSA) is 106 Å². The molecule has 0 atom stereocenters. The van der Waals surface area contributed by atoms with Crippen molar-refractivity contribution in [3.8, 4) is 28.2 Å². The van der Waals surface area contributed by atoms with Gasteiger partial charge in [0.05, 0.1) is 6.26 Å². The maximum atomic E-state index is 12.2. The molecule has 0 radical (unpaired) electrons. The molecule has 0 bridgehead atoms. The predicted octanol–water partition coefficient (Wildman–Crippen LogP) is 5.59. The first kappa shape index (κ1) is 22.8. The third-order valence-electron chi connectivity index (χ3n) is 5.46. The largest absolute Gasteiger partial charge is 0.481 e. The normalized spacial score (nSPS) is 10.9. The third kappa shape index (κ3) is 4.83. The Kier molecular flexibility index (Phi) is 6.45. The quantitative estimate of drug-likeness (QED) is 0.264. The molecule has 0 saturated heterocycles. The van der Waals surface area contributed by atoms with Crippen molar-refractivity contribution in [2.75, 3.05) is 5.32 Å². The number of aryl methyl sites for hydroxylation is 1. The minimum atomic E-state index is -0.922. The van der Waals surface area contributed by atoms with Gasteiger partial charge in [0, 0.05) is 47.2 Å². The zero-order valence-corrected chi connectivity index (χ0v) is 18.6. The minimum absolute atomic E-state index is 0.0464. The van der Waals surface area contributed by atoms with Crippen LogP contribution in [-0.2, 0) is 9.59 Å². The standard InChI is InChI=1S/C27H23NO6/c1-3-33-19-9-12-22-24(15-19)34-23-14-18(29)8-11-21(23)27(22)20-10-7-17(13-16(20)2)28-25(30)5-4-6-26(31)32/h3,7-15H,1,4-6H2,2H3,(H,28,30)(H,31,32). The van der Waals surface area contributed by atoms with Crippen molar-refractivity contribution in [3.63, 3.8) is 0 Å². The first-order valence-electron chi connectivity index (χ1n) is 10.8. The number of hydrogen-bond acceptors (Lipinski definition) is 5. The number of carbonyl (C=O) groups is 2. The lowest BCUT2D eigenvalue weighted by Gasteiger charge is -2.18. The van der Waals surface area contributed by atoms with Gasteiger partial charge < -0.3 is 19.6 Å². The number of amides is 1. The van der Waals surface area contributed by atoms with Gasteiger partial charge in [-0.15, -0.1) is 0 Å². The monoisotopic (exact) mass is 457 g/mol. The highest BCUT2D eigenvalue weighted by atomic mass is 16.5.